The predicted molar refractivity (Wildman–Crippen MR) is 67.9 cm³/mol. The van der Waals surface area contributed by atoms with E-state index >= 15 is 0 Å². The highest BCUT2D eigenvalue weighted by atomic mass is 35.5. The van der Waals surface area contributed by atoms with E-state index in [1.54, 1.807) is 6.07 Å². The summed E-state index contributed by atoms with van der Waals surface area (Å²) in [6, 6.07) is 5.60. The highest BCUT2D eigenvalue weighted by Crippen LogP contribution is 2.34. The number of hydrogen-bond acceptors (Lipinski definition) is 0. The van der Waals surface area contributed by atoms with Gasteiger partial charge in [-0.3, -0.25) is 0 Å². The number of allylic oxidation sites excluding steroid dienone is 2. The van der Waals surface area contributed by atoms with Crippen LogP contribution in [-0.2, 0) is 0 Å². The molecular formula is C12H11Cl3. The molecule has 0 aromatic heterocycles. The molecule has 0 aliphatic heterocycles. The van der Waals surface area contributed by atoms with Gasteiger partial charge in [-0.1, -0.05) is 35.3 Å². The molecule has 15 heavy (non-hydrogen) atoms. The Morgan fingerprint density at radius 2 is 2.00 bits per heavy atom. The monoisotopic (exact) mass is 260 g/mol. The molecule has 0 saturated carbocycles. The van der Waals surface area contributed by atoms with Crippen LogP contribution in [0.3, 0.4) is 0 Å². The molecule has 0 heterocycles. The highest BCUT2D eigenvalue weighted by molar-refractivity contribution is 6.35. The Morgan fingerprint density at radius 3 is 2.67 bits per heavy atom. The lowest BCUT2D eigenvalue weighted by Crippen LogP contribution is -2.02. The Bertz CT molecular complexity index is 396. The Hall–Kier alpha value is -0.170. The summed E-state index contributed by atoms with van der Waals surface area (Å²) in [5, 5.41) is 1.52. The number of alkyl halides is 1. The van der Waals surface area contributed by atoms with Crippen LogP contribution in [0.25, 0.3) is 5.57 Å². The largest absolute Gasteiger partial charge is 0.118 e. The first kappa shape index (κ1) is 11.3. The molecular weight excluding hydrogens is 250 g/mol. The molecule has 1 atom stereocenters. The molecule has 0 nitrogen and oxygen atoms in total. The summed E-state index contributed by atoms with van der Waals surface area (Å²) in [6.45, 7) is 0. The molecule has 1 aliphatic carbocycles. The second kappa shape index (κ2) is 4.78. The van der Waals surface area contributed by atoms with Gasteiger partial charge in [-0.25, -0.2) is 0 Å². The van der Waals surface area contributed by atoms with Crippen molar-refractivity contribution in [2.45, 2.75) is 24.6 Å². The van der Waals surface area contributed by atoms with Gasteiger partial charge in [0.25, 0.3) is 0 Å². The fraction of sp³-hybridized carbons (Fsp3) is 0.333. The van der Waals surface area contributed by atoms with E-state index in [1.165, 1.54) is 5.57 Å². The Labute approximate surface area is 105 Å². The van der Waals surface area contributed by atoms with Crippen LogP contribution < -0.4 is 0 Å². The second-order valence-corrected chi connectivity index (χ2v) is 5.13. The van der Waals surface area contributed by atoms with Crippen molar-refractivity contribution < 1.29 is 0 Å². The zero-order valence-corrected chi connectivity index (χ0v) is 10.4. The van der Waals surface area contributed by atoms with Gasteiger partial charge in [0.05, 0.1) is 5.38 Å². The summed E-state index contributed by atoms with van der Waals surface area (Å²) in [7, 11) is 0. The number of benzene rings is 1. The molecule has 1 unspecified atom stereocenters. The predicted octanol–water partition coefficient (Wildman–Crippen LogP) is 5.17. The molecule has 2 rings (SSSR count). The molecule has 0 saturated heterocycles. The lowest BCUT2D eigenvalue weighted by molar-refractivity contribution is 0.747. The average Bonchev–Trinajstić information content (AvgIpc) is 2.17. The van der Waals surface area contributed by atoms with E-state index in [9.17, 15) is 0 Å². The molecule has 0 spiro atoms. The van der Waals surface area contributed by atoms with Crippen molar-refractivity contribution in [2.75, 3.05) is 0 Å². The summed E-state index contributed by atoms with van der Waals surface area (Å²) in [4.78, 5) is 0. The first-order chi connectivity index (χ1) is 7.16. The SMILES string of the molecule is Clc1ccc(C2=CC(Cl)CCC2)c(Cl)c1. The van der Waals surface area contributed by atoms with Gasteiger partial charge in [-0.2, -0.15) is 0 Å². The van der Waals surface area contributed by atoms with Crippen LogP contribution in [0.15, 0.2) is 24.3 Å². The summed E-state index contributed by atoms with van der Waals surface area (Å²) >= 11 is 18.1. The molecule has 1 aromatic rings. The third-order valence-electron chi connectivity index (χ3n) is 2.59. The van der Waals surface area contributed by atoms with Crippen molar-refractivity contribution in [3.05, 3.63) is 39.9 Å². The summed E-state index contributed by atoms with van der Waals surface area (Å²) in [6.07, 6.45) is 5.32. The fourth-order valence-electron chi connectivity index (χ4n) is 1.85. The van der Waals surface area contributed by atoms with Gasteiger partial charge in [-0.15, -0.1) is 11.6 Å². The van der Waals surface area contributed by atoms with Crippen molar-refractivity contribution in [1.29, 1.82) is 0 Å². The third kappa shape index (κ3) is 2.69. The van der Waals surface area contributed by atoms with E-state index in [1.807, 2.05) is 12.1 Å². The molecule has 1 aliphatic rings. The van der Waals surface area contributed by atoms with Crippen molar-refractivity contribution in [3.8, 4) is 0 Å². The van der Waals surface area contributed by atoms with Crippen LogP contribution in [0.2, 0.25) is 10.0 Å². The van der Waals surface area contributed by atoms with Gasteiger partial charge < -0.3 is 0 Å². The summed E-state index contributed by atoms with van der Waals surface area (Å²) in [5.74, 6) is 0. The van der Waals surface area contributed by atoms with Crippen molar-refractivity contribution in [1.82, 2.24) is 0 Å². The van der Waals surface area contributed by atoms with Gasteiger partial charge in [-0.05, 0) is 42.5 Å². The van der Waals surface area contributed by atoms with Gasteiger partial charge in [0.1, 0.15) is 0 Å². The van der Waals surface area contributed by atoms with Crippen LogP contribution >= 0.6 is 34.8 Å². The Balaban J connectivity index is 2.37. The van der Waals surface area contributed by atoms with Gasteiger partial charge >= 0.3 is 0 Å². The van der Waals surface area contributed by atoms with Crippen molar-refractivity contribution in [3.63, 3.8) is 0 Å². The zero-order valence-electron chi connectivity index (χ0n) is 8.14. The van der Waals surface area contributed by atoms with E-state index in [4.69, 9.17) is 34.8 Å². The first-order valence-corrected chi connectivity index (χ1v) is 6.16. The number of rotatable bonds is 1. The maximum absolute atomic E-state index is 6.14. The van der Waals surface area contributed by atoms with Crippen LogP contribution in [0, 0.1) is 0 Å². The smallest absolute Gasteiger partial charge is 0.0522 e. The highest BCUT2D eigenvalue weighted by Gasteiger charge is 2.14. The molecule has 80 valence electrons. The van der Waals surface area contributed by atoms with E-state index in [0.29, 0.717) is 10.0 Å². The topological polar surface area (TPSA) is 0 Å². The molecule has 0 N–H and O–H groups in total. The van der Waals surface area contributed by atoms with Gasteiger partial charge in [0.15, 0.2) is 0 Å². The molecule has 0 bridgehead atoms. The van der Waals surface area contributed by atoms with E-state index < -0.39 is 0 Å². The maximum atomic E-state index is 6.14. The van der Waals surface area contributed by atoms with E-state index in [2.05, 4.69) is 6.08 Å². The molecule has 3 heteroatoms. The second-order valence-electron chi connectivity index (χ2n) is 3.72. The van der Waals surface area contributed by atoms with Gasteiger partial charge in [0.2, 0.25) is 0 Å². The Kier molecular flexibility index (Phi) is 3.60. The minimum absolute atomic E-state index is 0.139. The van der Waals surface area contributed by atoms with E-state index in [-0.39, 0.29) is 5.38 Å². The normalized spacial score (nSPS) is 21.3. The maximum Gasteiger partial charge on any atom is 0.0522 e. The minimum Gasteiger partial charge on any atom is -0.118 e. The number of halogens is 3. The van der Waals surface area contributed by atoms with Crippen LogP contribution in [0.5, 0.6) is 0 Å². The number of hydrogen-bond donors (Lipinski definition) is 0. The standard InChI is InChI=1S/C12H11Cl3/c13-9-3-1-2-8(6-9)11-5-4-10(14)7-12(11)15/h4-7,9H,1-3H2. The average molecular weight is 262 g/mol. The molecule has 0 amide bonds. The minimum atomic E-state index is 0.139. The quantitative estimate of drug-likeness (QED) is 0.612. The van der Waals surface area contributed by atoms with Crippen molar-refractivity contribution >= 4 is 40.4 Å². The van der Waals surface area contributed by atoms with Gasteiger partial charge in [0, 0.05) is 10.0 Å². The van der Waals surface area contributed by atoms with Crippen LogP contribution in [0.1, 0.15) is 24.8 Å². The molecule has 1 aromatic carbocycles. The first-order valence-electron chi connectivity index (χ1n) is 4.97. The zero-order chi connectivity index (χ0) is 10.8. The Morgan fingerprint density at radius 1 is 1.20 bits per heavy atom. The van der Waals surface area contributed by atoms with Crippen LogP contribution in [-0.4, -0.2) is 5.38 Å². The fourth-order valence-corrected chi connectivity index (χ4v) is 2.68. The third-order valence-corrected chi connectivity index (χ3v) is 3.48. The van der Waals surface area contributed by atoms with E-state index in [0.717, 1.165) is 24.8 Å². The lowest BCUT2D eigenvalue weighted by atomic mass is 9.93. The molecule has 0 radical (unpaired) electrons. The van der Waals surface area contributed by atoms with Crippen LogP contribution in [0.4, 0.5) is 0 Å². The molecule has 0 fully saturated rings. The summed E-state index contributed by atoms with van der Waals surface area (Å²) < 4.78 is 0. The summed E-state index contributed by atoms with van der Waals surface area (Å²) in [5.41, 5.74) is 2.30. The lowest BCUT2D eigenvalue weighted by Gasteiger charge is -2.17. The van der Waals surface area contributed by atoms with Crippen molar-refractivity contribution in [2.24, 2.45) is 0 Å².